The second-order valence-corrected chi connectivity index (χ2v) is 6.82. The molecule has 0 aliphatic carbocycles. The SMILES string of the molecule is N#Cc1ccc(OCCN(CCCO)C(c2ccccc2)c2ccccc2)cc1. The van der Waals surface area contributed by atoms with Crippen LogP contribution >= 0.6 is 0 Å². The maximum absolute atomic E-state index is 9.41. The number of aliphatic hydroxyl groups excluding tert-OH is 1. The summed E-state index contributed by atoms with van der Waals surface area (Å²) in [4.78, 5) is 2.35. The third kappa shape index (κ3) is 5.92. The van der Waals surface area contributed by atoms with Gasteiger partial charge in [0.1, 0.15) is 12.4 Å². The summed E-state index contributed by atoms with van der Waals surface area (Å²) in [6.45, 7) is 2.16. The molecule has 4 nitrogen and oxygen atoms in total. The van der Waals surface area contributed by atoms with E-state index >= 15 is 0 Å². The van der Waals surface area contributed by atoms with Crippen LogP contribution < -0.4 is 4.74 Å². The zero-order chi connectivity index (χ0) is 20.3. The minimum absolute atomic E-state index is 0.0912. The van der Waals surface area contributed by atoms with E-state index < -0.39 is 0 Å². The van der Waals surface area contributed by atoms with Gasteiger partial charge < -0.3 is 9.84 Å². The Kier molecular flexibility index (Phi) is 7.82. The number of nitriles is 1. The van der Waals surface area contributed by atoms with Gasteiger partial charge in [-0.3, -0.25) is 4.90 Å². The number of hydrogen-bond donors (Lipinski definition) is 1. The molecule has 0 saturated heterocycles. The number of nitrogens with zero attached hydrogens (tertiary/aromatic N) is 2. The van der Waals surface area contributed by atoms with Crippen molar-refractivity contribution >= 4 is 0 Å². The van der Waals surface area contributed by atoms with Crippen molar-refractivity contribution in [2.75, 3.05) is 26.3 Å². The lowest BCUT2D eigenvalue weighted by Gasteiger charge is -2.32. The van der Waals surface area contributed by atoms with Crippen molar-refractivity contribution in [3.8, 4) is 11.8 Å². The molecule has 0 heterocycles. The molecule has 148 valence electrons. The summed E-state index contributed by atoms with van der Waals surface area (Å²) in [6.07, 6.45) is 0.701. The van der Waals surface area contributed by atoms with Gasteiger partial charge in [0, 0.05) is 19.7 Å². The molecule has 3 aromatic carbocycles. The van der Waals surface area contributed by atoms with Gasteiger partial charge in [-0.15, -0.1) is 0 Å². The fourth-order valence-electron chi connectivity index (χ4n) is 3.43. The van der Waals surface area contributed by atoms with Gasteiger partial charge in [0.15, 0.2) is 0 Å². The topological polar surface area (TPSA) is 56.5 Å². The first-order chi connectivity index (χ1) is 14.3. The molecule has 1 N–H and O–H groups in total. The van der Waals surface area contributed by atoms with Crippen molar-refractivity contribution in [3.05, 3.63) is 102 Å². The molecule has 0 saturated carbocycles. The van der Waals surface area contributed by atoms with Crippen molar-refractivity contribution in [1.82, 2.24) is 4.90 Å². The van der Waals surface area contributed by atoms with Crippen LogP contribution in [0.5, 0.6) is 5.75 Å². The molecule has 3 rings (SSSR count). The van der Waals surface area contributed by atoms with E-state index in [1.54, 1.807) is 12.1 Å². The predicted octanol–water partition coefficient (Wildman–Crippen LogP) is 4.41. The van der Waals surface area contributed by atoms with E-state index in [1.165, 1.54) is 11.1 Å². The molecule has 0 aromatic heterocycles. The zero-order valence-corrected chi connectivity index (χ0v) is 16.4. The van der Waals surface area contributed by atoms with E-state index in [2.05, 4.69) is 59.5 Å². The van der Waals surface area contributed by atoms with Crippen molar-refractivity contribution in [2.24, 2.45) is 0 Å². The number of hydrogen-bond acceptors (Lipinski definition) is 4. The molecule has 4 heteroatoms. The fourth-order valence-corrected chi connectivity index (χ4v) is 3.43. The molecule has 29 heavy (non-hydrogen) atoms. The Labute approximate surface area is 172 Å². The van der Waals surface area contributed by atoms with Crippen LogP contribution in [0.2, 0.25) is 0 Å². The van der Waals surface area contributed by atoms with Crippen molar-refractivity contribution in [3.63, 3.8) is 0 Å². The molecule has 0 unspecified atom stereocenters. The van der Waals surface area contributed by atoms with Gasteiger partial charge >= 0.3 is 0 Å². The van der Waals surface area contributed by atoms with Crippen LogP contribution in [-0.4, -0.2) is 36.3 Å². The smallest absolute Gasteiger partial charge is 0.119 e. The van der Waals surface area contributed by atoms with E-state index in [4.69, 9.17) is 10.00 Å². The lowest BCUT2D eigenvalue weighted by Crippen LogP contribution is -2.34. The highest BCUT2D eigenvalue weighted by molar-refractivity contribution is 5.34. The summed E-state index contributed by atoms with van der Waals surface area (Å²) in [5.74, 6) is 0.752. The minimum Gasteiger partial charge on any atom is -0.492 e. The molecular weight excluding hydrogens is 360 g/mol. The quantitative estimate of drug-likeness (QED) is 0.561. The van der Waals surface area contributed by atoms with E-state index in [1.807, 2.05) is 24.3 Å². The van der Waals surface area contributed by atoms with Gasteiger partial charge in [-0.05, 0) is 41.8 Å². The third-order valence-corrected chi connectivity index (χ3v) is 4.83. The summed E-state index contributed by atoms with van der Waals surface area (Å²) < 4.78 is 5.92. The van der Waals surface area contributed by atoms with Gasteiger partial charge in [-0.25, -0.2) is 0 Å². The lowest BCUT2D eigenvalue weighted by molar-refractivity contribution is 0.162. The number of ether oxygens (including phenoxy) is 1. The first kappa shape index (κ1) is 20.6. The Hall–Kier alpha value is -3.13. The first-order valence-corrected chi connectivity index (χ1v) is 9.89. The Bertz CT molecular complexity index is 850. The van der Waals surface area contributed by atoms with Crippen LogP contribution in [0.4, 0.5) is 0 Å². The molecule has 0 aliphatic rings. The molecular formula is C25H26N2O2. The molecule has 0 amide bonds. The van der Waals surface area contributed by atoms with Crippen LogP contribution in [0, 0.1) is 11.3 Å². The Morgan fingerprint density at radius 3 is 1.93 bits per heavy atom. The summed E-state index contributed by atoms with van der Waals surface area (Å²) in [6, 6.07) is 30.2. The van der Waals surface area contributed by atoms with Crippen LogP contribution in [-0.2, 0) is 0 Å². The molecule has 0 radical (unpaired) electrons. The molecule has 0 spiro atoms. The number of benzene rings is 3. The third-order valence-electron chi connectivity index (χ3n) is 4.83. The van der Waals surface area contributed by atoms with E-state index in [0.717, 1.165) is 12.3 Å². The second kappa shape index (κ2) is 11.0. The first-order valence-electron chi connectivity index (χ1n) is 9.89. The molecule has 0 bridgehead atoms. The van der Waals surface area contributed by atoms with Crippen LogP contribution in [0.25, 0.3) is 0 Å². The molecule has 0 aliphatic heterocycles. The van der Waals surface area contributed by atoms with Crippen LogP contribution in [0.15, 0.2) is 84.9 Å². The monoisotopic (exact) mass is 386 g/mol. The number of rotatable bonds is 10. The maximum Gasteiger partial charge on any atom is 0.119 e. The summed E-state index contributed by atoms with van der Waals surface area (Å²) in [5.41, 5.74) is 3.06. The lowest BCUT2D eigenvalue weighted by atomic mass is 9.97. The largest absolute Gasteiger partial charge is 0.492 e. The molecule has 0 fully saturated rings. The maximum atomic E-state index is 9.41. The zero-order valence-electron chi connectivity index (χ0n) is 16.4. The van der Waals surface area contributed by atoms with E-state index in [9.17, 15) is 5.11 Å². The van der Waals surface area contributed by atoms with Gasteiger partial charge in [0.05, 0.1) is 17.7 Å². The summed E-state index contributed by atoms with van der Waals surface area (Å²) in [5, 5.41) is 18.3. The Morgan fingerprint density at radius 2 is 1.41 bits per heavy atom. The predicted molar refractivity (Wildman–Crippen MR) is 115 cm³/mol. The minimum atomic E-state index is 0.0912. The normalized spacial score (nSPS) is 10.8. The van der Waals surface area contributed by atoms with Gasteiger partial charge in [-0.2, -0.15) is 5.26 Å². The number of aliphatic hydroxyl groups is 1. The Balaban J connectivity index is 1.77. The standard InChI is InChI=1S/C25H26N2O2/c26-20-21-12-14-24(15-13-21)29-19-17-27(16-7-18-28)25(22-8-3-1-4-9-22)23-10-5-2-6-11-23/h1-6,8-15,25,28H,7,16-19H2. The van der Waals surface area contributed by atoms with Gasteiger partial charge in [0.2, 0.25) is 0 Å². The highest BCUT2D eigenvalue weighted by Crippen LogP contribution is 2.28. The van der Waals surface area contributed by atoms with Crippen molar-refractivity contribution in [1.29, 1.82) is 5.26 Å². The summed E-state index contributed by atoms with van der Waals surface area (Å²) in [7, 11) is 0. The fraction of sp³-hybridized carbons (Fsp3) is 0.240. The summed E-state index contributed by atoms with van der Waals surface area (Å²) >= 11 is 0. The Morgan fingerprint density at radius 1 is 0.828 bits per heavy atom. The molecule has 3 aromatic rings. The molecule has 0 atom stereocenters. The highest BCUT2D eigenvalue weighted by atomic mass is 16.5. The van der Waals surface area contributed by atoms with Crippen molar-refractivity contribution in [2.45, 2.75) is 12.5 Å². The van der Waals surface area contributed by atoms with Gasteiger partial charge in [0.25, 0.3) is 0 Å². The van der Waals surface area contributed by atoms with Gasteiger partial charge in [-0.1, -0.05) is 60.7 Å². The highest BCUT2D eigenvalue weighted by Gasteiger charge is 2.22. The van der Waals surface area contributed by atoms with Crippen LogP contribution in [0.1, 0.15) is 29.2 Å². The average Bonchev–Trinajstić information content (AvgIpc) is 2.79. The van der Waals surface area contributed by atoms with Crippen LogP contribution in [0.3, 0.4) is 0 Å². The van der Waals surface area contributed by atoms with E-state index in [-0.39, 0.29) is 12.6 Å². The van der Waals surface area contributed by atoms with Crippen molar-refractivity contribution < 1.29 is 9.84 Å². The average molecular weight is 386 g/mol. The second-order valence-electron chi connectivity index (χ2n) is 6.82. The van der Waals surface area contributed by atoms with E-state index in [0.29, 0.717) is 25.1 Å².